The normalized spacial score (nSPS) is 13.4. The summed E-state index contributed by atoms with van der Waals surface area (Å²) in [4.78, 5) is 16.5. The molecule has 0 fully saturated rings. The lowest BCUT2D eigenvalue weighted by molar-refractivity contribution is 0.0525. The number of carbonyl (C=O) groups is 1. The Hall–Kier alpha value is -3.00. The molecular weight excluding hydrogens is 320 g/mol. The van der Waals surface area contributed by atoms with E-state index in [1.807, 2.05) is 19.1 Å². The highest BCUT2D eigenvalue weighted by Gasteiger charge is 2.26. The average molecular weight is 340 g/mol. The van der Waals surface area contributed by atoms with E-state index in [9.17, 15) is 9.90 Å². The van der Waals surface area contributed by atoms with Crippen LogP contribution in [-0.2, 0) is 12.6 Å². The number of amides is 1. The molecule has 1 unspecified atom stereocenters. The summed E-state index contributed by atoms with van der Waals surface area (Å²) in [6.07, 6.45) is 8.16. The van der Waals surface area contributed by atoms with Crippen LogP contribution in [0.1, 0.15) is 28.5 Å². The van der Waals surface area contributed by atoms with Crippen molar-refractivity contribution in [1.29, 1.82) is 0 Å². The molecule has 0 spiro atoms. The minimum absolute atomic E-state index is 0.0669. The fraction of sp³-hybridized carbons (Fsp3) is 0.294. The maximum atomic E-state index is 12.5. The maximum Gasteiger partial charge on any atom is 0.254 e. The summed E-state index contributed by atoms with van der Waals surface area (Å²) >= 11 is 0. The number of aryl methyl sites for hydroxylation is 1. The first-order chi connectivity index (χ1) is 11.9. The van der Waals surface area contributed by atoms with Gasteiger partial charge in [0.25, 0.3) is 5.91 Å². The highest BCUT2D eigenvalue weighted by Crippen LogP contribution is 2.19. The third-order valence-corrected chi connectivity index (χ3v) is 4.08. The van der Waals surface area contributed by atoms with Crippen molar-refractivity contribution in [3.63, 3.8) is 0 Å². The van der Waals surface area contributed by atoms with Crippen LogP contribution in [0.15, 0.2) is 43.1 Å². The largest absolute Gasteiger partial charge is 0.383 e. The van der Waals surface area contributed by atoms with Gasteiger partial charge in [0.2, 0.25) is 0 Å². The summed E-state index contributed by atoms with van der Waals surface area (Å²) < 4.78 is 3.28. The van der Waals surface area contributed by atoms with Crippen LogP contribution in [-0.4, -0.2) is 42.1 Å². The number of carbonyl (C=O) groups excluding carboxylic acids is 1. The van der Waals surface area contributed by atoms with E-state index in [0.717, 1.165) is 5.69 Å². The van der Waals surface area contributed by atoms with Gasteiger partial charge >= 0.3 is 0 Å². The van der Waals surface area contributed by atoms with E-state index in [-0.39, 0.29) is 12.5 Å². The molecule has 0 bridgehead atoms. The monoisotopic (exact) mass is 340 g/mol. The van der Waals surface area contributed by atoms with Gasteiger partial charge in [0.05, 0.1) is 35.9 Å². The van der Waals surface area contributed by atoms with Crippen LogP contribution >= 0.6 is 0 Å². The molecular formula is C17H20N6O2. The van der Waals surface area contributed by atoms with Crippen molar-refractivity contribution in [3.05, 3.63) is 59.9 Å². The van der Waals surface area contributed by atoms with Crippen LogP contribution in [0, 0.1) is 6.92 Å². The molecule has 3 aromatic rings. The number of hydrogen-bond acceptors (Lipinski definition) is 5. The summed E-state index contributed by atoms with van der Waals surface area (Å²) in [7, 11) is 1.77. The second-order valence-electron chi connectivity index (χ2n) is 6.12. The first-order valence-corrected chi connectivity index (χ1v) is 7.83. The second kappa shape index (κ2) is 6.48. The number of pyridine rings is 1. The average Bonchev–Trinajstić information content (AvgIpc) is 3.20. The molecule has 3 aromatic heterocycles. The standard InChI is InChI=1S/C17H20N6O2/c1-12-15(9-21-23(12)14-4-6-18-7-5-14)16(24)19-11-17(2,25)13-8-20-22(3)10-13/h4-10,25H,11H2,1-3H3,(H,19,24). The third kappa shape index (κ3) is 3.43. The predicted octanol–water partition coefficient (Wildman–Crippen LogP) is 0.947. The minimum Gasteiger partial charge on any atom is -0.383 e. The van der Waals surface area contributed by atoms with Crippen LogP contribution in [0.25, 0.3) is 5.69 Å². The molecule has 130 valence electrons. The number of hydrogen-bond donors (Lipinski definition) is 2. The van der Waals surface area contributed by atoms with Crippen molar-refractivity contribution in [2.24, 2.45) is 7.05 Å². The molecule has 0 saturated heterocycles. The summed E-state index contributed by atoms with van der Waals surface area (Å²) in [5, 5.41) is 21.6. The smallest absolute Gasteiger partial charge is 0.254 e. The van der Waals surface area contributed by atoms with Crippen LogP contribution in [0.4, 0.5) is 0 Å². The Morgan fingerprint density at radius 2 is 2.00 bits per heavy atom. The van der Waals surface area contributed by atoms with Crippen molar-refractivity contribution >= 4 is 5.91 Å². The van der Waals surface area contributed by atoms with E-state index < -0.39 is 5.60 Å². The van der Waals surface area contributed by atoms with Crippen LogP contribution in [0.2, 0.25) is 0 Å². The van der Waals surface area contributed by atoms with Gasteiger partial charge in [-0.05, 0) is 26.0 Å². The molecule has 8 heteroatoms. The highest BCUT2D eigenvalue weighted by atomic mass is 16.3. The molecule has 3 rings (SSSR count). The summed E-state index contributed by atoms with van der Waals surface area (Å²) in [5.41, 5.74) is 1.43. The predicted molar refractivity (Wildman–Crippen MR) is 91.2 cm³/mol. The molecule has 0 aliphatic carbocycles. The molecule has 0 aliphatic heterocycles. The third-order valence-electron chi connectivity index (χ3n) is 4.08. The fourth-order valence-electron chi connectivity index (χ4n) is 2.53. The SMILES string of the molecule is Cc1c(C(=O)NCC(C)(O)c2cnn(C)c2)cnn1-c1ccncc1. The van der Waals surface area contributed by atoms with Gasteiger partial charge in [-0.3, -0.25) is 14.5 Å². The summed E-state index contributed by atoms with van der Waals surface area (Å²) in [6.45, 7) is 3.52. The zero-order chi connectivity index (χ0) is 18.0. The van der Waals surface area contributed by atoms with E-state index in [2.05, 4.69) is 20.5 Å². The van der Waals surface area contributed by atoms with Gasteiger partial charge in [0.15, 0.2) is 0 Å². The molecule has 2 N–H and O–H groups in total. The van der Waals surface area contributed by atoms with Crippen molar-refractivity contribution in [3.8, 4) is 5.69 Å². The van der Waals surface area contributed by atoms with E-state index >= 15 is 0 Å². The highest BCUT2D eigenvalue weighted by molar-refractivity contribution is 5.95. The number of rotatable bonds is 5. The number of nitrogens with one attached hydrogen (secondary N) is 1. The second-order valence-corrected chi connectivity index (χ2v) is 6.12. The van der Waals surface area contributed by atoms with Crippen molar-refractivity contribution in [2.45, 2.75) is 19.4 Å². The van der Waals surface area contributed by atoms with Gasteiger partial charge in [-0.15, -0.1) is 0 Å². The van der Waals surface area contributed by atoms with Gasteiger partial charge in [0.1, 0.15) is 5.60 Å². The first-order valence-electron chi connectivity index (χ1n) is 7.83. The summed E-state index contributed by atoms with van der Waals surface area (Å²) in [6, 6.07) is 3.63. The maximum absolute atomic E-state index is 12.5. The van der Waals surface area contributed by atoms with E-state index in [1.165, 1.54) is 6.20 Å². The molecule has 0 aliphatic rings. The number of aromatic nitrogens is 5. The molecule has 8 nitrogen and oxygen atoms in total. The molecule has 1 atom stereocenters. The van der Waals surface area contributed by atoms with E-state index in [1.54, 1.807) is 48.1 Å². The van der Waals surface area contributed by atoms with Crippen molar-refractivity contribution < 1.29 is 9.90 Å². The van der Waals surface area contributed by atoms with Gasteiger partial charge in [-0.25, -0.2) is 4.68 Å². The van der Waals surface area contributed by atoms with Gasteiger partial charge in [-0.1, -0.05) is 0 Å². The van der Waals surface area contributed by atoms with Crippen LogP contribution in [0.5, 0.6) is 0 Å². The van der Waals surface area contributed by atoms with Crippen LogP contribution in [0.3, 0.4) is 0 Å². The Morgan fingerprint density at radius 3 is 2.64 bits per heavy atom. The lowest BCUT2D eigenvalue weighted by Gasteiger charge is -2.22. The van der Waals surface area contributed by atoms with Crippen LogP contribution < -0.4 is 5.32 Å². The Balaban J connectivity index is 1.73. The Bertz CT molecular complexity index is 882. The topological polar surface area (TPSA) is 97.9 Å². The Labute approximate surface area is 145 Å². The van der Waals surface area contributed by atoms with Crippen molar-refractivity contribution in [2.75, 3.05) is 6.54 Å². The lowest BCUT2D eigenvalue weighted by Crippen LogP contribution is -2.38. The quantitative estimate of drug-likeness (QED) is 0.720. The molecule has 25 heavy (non-hydrogen) atoms. The number of nitrogens with zero attached hydrogens (tertiary/aromatic N) is 5. The molecule has 0 aromatic carbocycles. The first kappa shape index (κ1) is 16.8. The zero-order valence-corrected chi connectivity index (χ0v) is 14.3. The van der Waals surface area contributed by atoms with Crippen molar-refractivity contribution in [1.82, 2.24) is 29.9 Å². The van der Waals surface area contributed by atoms with E-state index in [0.29, 0.717) is 16.8 Å². The molecule has 0 radical (unpaired) electrons. The summed E-state index contributed by atoms with van der Waals surface area (Å²) in [5.74, 6) is -0.290. The Morgan fingerprint density at radius 1 is 1.28 bits per heavy atom. The molecule has 3 heterocycles. The van der Waals surface area contributed by atoms with E-state index in [4.69, 9.17) is 0 Å². The van der Waals surface area contributed by atoms with Gasteiger partial charge in [0, 0.05) is 31.2 Å². The number of aliphatic hydroxyl groups is 1. The Kier molecular flexibility index (Phi) is 4.37. The lowest BCUT2D eigenvalue weighted by atomic mass is 9.99. The fourth-order valence-corrected chi connectivity index (χ4v) is 2.53. The minimum atomic E-state index is -1.21. The van der Waals surface area contributed by atoms with Gasteiger partial charge in [-0.2, -0.15) is 10.2 Å². The molecule has 0 saturated carbocycles. The molecule has 1 amide bonds. The zero-order valence-electron chi connectivity index (χ0n) is 14.3. The van der Waals surface area contributed by atoms with Gasteiger partial charge < -0.3 is 10.4 Å².